The Kier molecular flexibility index (Phi) is 4.11. The Bertz CT molecular complexity index is 712. The SMILES string of the molecule is COc1cccc(C2CCCN2c2c(F)c(F)nc(F)c2F)c1. The first kappa shape index (κ1) is 15.6. The molecule has 2 aromatic rings. The summed E-state index contributed by atoms with van der Waals surface area (Å²) in [5.74, 6) is -5.63. The van der Waals surface area contributed by atoms with Crippen LogP contribution >= 0.6 is 0 Å². The standard InChI is InChI=1S/C16H14F4N2O/c1-23-10-5-2-4-9(8-10)11-6-3-7-22(11)14-12(17)15(19)21-16(20)13(14)18/h2,4-5,8,11H,3,6-7H2,1H3. The largest absolute Gasteiger partial charge is 0.497 e. The summed E-state index contributed by atoms with van der Waals surface area (Å²) in [5.41, 5.74) is 0.0543. The lowest BCUT2D eigenvalue weighted by Crippen LogP contribution is -2.26. The van der Waals surface area contributed by atoms with Crippen LogP contribution in [0.5, 0.6) is 5.75 Å². The third-order valence-electron chi connectivity index (χ3n) is 3.99. The quantitative estimate of drug-likeness (QED) is 0.630. The van der Waals surface area contributed by atoms with Crippen LogP contribution in [-0.2, 0) is 0 Å². The molecule has 1 unspecified atom stereocenters. The molecule has 0 spiro atoms. The third kappa shape index (κ3) is 2.71. The number of benzene rings is 1. The normalized spacial score (nSPS) is 17.6. The van der Waals surface area contributed by atoms with Crippen LogP contribution in [0.1, 0.15) is 24.4 Å². The average molecular weight is 326 g/mol. The van der Waals surface area contributed by atoms with Crippen molar-refractivity contribution < 1.29 is 22.3 Å². The molecule has 1 saturated heterocycles. The molecule has 0 N–H and O–H groups in total. The monoisotopic (exact) mass is 326 g/mol. The average Bonchev–Trinajstić information content (AvgIpc) is 3.02. The lowest BCUT2D eigenvalue weighted by atomic mass is 10.0. The van der Waals surface area contributed by atoms with Gasteiger partial charge in [-0.3, -0.25) is 0 Å². The molecule has 3 nitrogen and oxygen atoms in total. The van der Waals surface area contributed by atoms with Crippen LogP contribution in [0.15, 0.2) is 24.3 Å². The molecule has 122 valence electrons. The van der Waals surface area contributed by atoms with E-state index in [2.05, 4.69) is 4.98 Å². The lowest BCUT2D eigenvalue weighted by molar-refractivity contribution is 0.404. The molecule has 1 atom stereocenters. The van der Waals surface area contributed by atoms with E-state index in [0.29, 0.717) is 25.1 Å². The fourth-order valence-electron chi connectivity index (χ4n) is 2.96. The molecule has 1 aliphatic rings. The topological polar surface area (TPSA) is 25.4 Å². The van der Waals surface area contributed by atoms with E-state index in [-0.39, 0.29) is 0 Å². The molecule has 0 aliphatic carbocycles. The Morgan fingerprint density at radius 2 is 1.83 bits per heavy atom. The van der Waals surface area contributed by atoms with Crippen LogP contribution < -0.4 is 9.64 Å². The van der Waals surface area contributed by atoms with Crippen LogP contribution in [-0.4, -0.2) is 18.6 Å². The number of ether oxygens (including phenoxy) is 1. The van der Waals surface area contributed by atoms with Crippen molar-refractivity contribution in [3.63, 3.8) is 0 Å². The van der Waals surface area contributed by atoms with E-state index in [1.165, 1.54) is 12.0 Å². The van der Waals surface area contributed by atoms with Gasteiger partial charge in [-0.05, 0) is 30.5 Å². The highest BCUT2D eigenvalue weighted by atomic mass is 19.2. The van der Waals surface area contributed by atoms with Gasteiger partial charge in [-0.25, -0.2) is 0 Å². The molecule has 1 fully saturated rings. The van der Waals surface area contributed by atoms with Crippen molar-refractivity contribution in [1.82, 2.24) is 4.98 Å². The van der Waals surface area contributed by atoms with Gasteiger partial charge in [0.15, 0.2) is 0 Å². The fourth-order valence-corrected chi connectivity index (χ4v) is 2.96. The molecule has 7 heteroatoms. The van der Waals surface area contributed by atoms with Gasteiger partial charge in [-0.1, -0.05) is 12.1 Å². The number of methoxy groups -OCH3 is 1. The zero-order valence-corrected chi connectivity index (χ0v) is 12.3. The van der Waals surface area contributed by atoms with E-state index in [0.717, 1.165) is 5.56 Å². The highest BCUT2D eigenvalue weighted by molar-refractivity contribution is 5.52. The third-order valence-corrected chi connectivity index (χ3v) is 3.99. The number of anilines is 1. The van der Waals surface area contributed by atoms with Crippen LogP contribution in [0, 0.1) is 23.5 Å². The summed E-state index contributed by atoms with van der Waals surface area (Å²) in [6.07, 6.45) is 1.25. The Balaban J connectivity index is 2.06. The van der Waals surface area contributed by atoms with Gasteiger partial charge < -0.3 is 9.64 Å². The summed E-state index contributed by atoms with van der Waals surface area (Å²) in [7, 11) is 1.51. The van der Waals surface area contributed by atoms with Crippen LogP contribution in [0.3, 0.4) is 0 Å². The first-order valence-corrected chi connectivity index (χ1v) is 7.13. The maximum absolute atomic E-state index is 14.0. The molecule has 2 heterocycles. The number of halogens is 4. The summed E-state index contributed by atoms with van der Waals surface area (Å²) in [4.78, 5) is 3.94. The van der Waals surface area contributed by atoms with Crippen LogP contribution in [0.4, 0.5) is 23.2 Å². The Hall–Kier alpha value is -2.31. The number of aromatic nitrogens is 1. The number of pyridine rings is 1. The van der Waals surface area contributed by atoms with E-state index >= 15 is 0 Å². The van der Waals surface area contributed by atoms with Crippen LogP contribution in [0.2, 0.25) is 0 Å². The molecule has 0 radical (unpaired) electrons. The van der Waals surface area contributed by atoms with E-state index in [9.17, 15) is 17.6 Å². The van der Waals surface area contributed by atoms with Crippen molar-refractivity contribution in [3.05, 3.63) is 53.4 Å². The van der Waals surface area contributed by atoms with Crippen LogP contribution in [0.25, 0.3) is 0 Å². The molecule has 0 bridgehead atoms. The summed E-state index contributed by atoms with van der Waals surface area (Å²) >= 11 is 0. The van der Waals surface area contributed by atoms with Crippen molar-refractivity contribution in [3.8, 4) is 5.75 Å². The minimum atomic E-state index is -1.64. The zero-order chi connectivity index (χ0) is 16.6. The highest BCUT2D eigenvalue weighted by Gasteiger charge is 2.33. The first-order valence-electron chi connectivity index (χ1n) is 7.13. The Morgan fingerprint density at radius 3 is 2.48 bits per heavy atom. The maximum atomic E-state index is 14.0. The number of hydrogen-bond acceptors (Lipinski definition) is 3. The molecule has 1 aliphatic heterocycles. The molecule has 0 amide bonds. The number of rotatable bonds is 3. The van der Waals surface area contributed by atoms with Gasteiger partial charge in [0.1, 0.15) is 11.4 Å². The molecule has 1 aromatic carbocycles. The minimum absolute atomic E-state index is 0.290. The van der Waals surface area contributed by atoms with Crippen molar-refractivity contribution in [2.45, 2.75) is 18.9 Å². The second-order valence-corrected chi connectivity index (χ2v) is 5.30. The van der Waals surface area contributed by atoms with Gasteiger partial charge in [0.25, 0.3) is 11.9 Å². The zero-order valence-electron chi connectivity index (χ0n) is 12.3. The van der Waals surface area contributed by atoms with E-state index < -0.39 is 35.3 Å². The molecule has 0 saturated carbocycles. The minimum Gasteiger partial charge on any atom is -0.497 e. The van der Waals surface area contributed by atoms with Crippen molar-refractivity contribution in [2.75, 3.05) is 18.6 Å². The first-order chi connectivity index (χ1) is 11.0. The summed E-state index contributed by atoms with van der Waals surface area (Å²) < 4.78 is 59.9. The predicted octanol–water partition coefficient (Wildman–Crippen LogP) is 3.99. The molecular formula is C16H14F4N2O. The van der Waals surface area contributed by atoms with Gasteiger partial charge in [0, 0.05) is 6.54 Å². The van der Waals surface area contributed by atoms with Gasteiger partial charge in [-0.15, -0.1) is 0 Å². The van der Waals surface area contributed by atoms with Crippen molar-refractivity contribution in [2.24, 2.45) is 0 Å². The summed E-state index contributed by atoms with van der Waals surface area (Å²) in [6.45, 7) is 0.290. The summed E-state index contributed by atoms with van der Waals surface area (Å²) in [5, 5.41) is 0. The van der Waals surface area contributed by atoms with Gasteiger partial charge >= 0.3 is 0 Å². The fraction of sp³-hybridized carbons (Fsp3) is 0.312. The van der Waals surface area contributed by atoms with Gasteiger partial charge in [-0.2, -0.15) is 22.5 Å². The number of nitrogens with zero attached hydrogens (tertiary/aromatic N) is 2. The van der Waals surface area contributed by atoms with E-state index in [1.54, 1.807) is 24.3 Å². The molecule has 23 heavy (non-hydrogen) atoms. The highest BCUT2D eigenvalue weighted by Crippen LogP contribution is 2.40. The second kappa shape index (κ2) is 6.06. The molecular weight excluding hydrogens is 312 g/mol. The number of hydrogen-bond donors (Lipinski definition) is 0. The molecule has 3 rings (SSSR count). The van der Waals surface area contributed by atoms with Crippen molar-refractivity contribution >= 4 is 5.69 Å². The van der Waals surface area contributed by atoms with E-state index in [1.807, 2.05) is 0 Å². The Morgan fingerprint density at radius 1 is 1.13 bits per heavy atom. The Labute approximate surface area is 130 Å². The van der Waals surface area contributed by atoms with Gasteiger partial charge in [0.2, 0.25) is 11.6 Å². The van der Waals surface area contributed by atoms with Crippen molar-refractivity contribution in [1.29, 1.82) is 0 Å². The second-order valence-electron chi connectivity index (χ2n) is 5.30. The lowest BCUT2D eigenvalue weighted by Gasteiger charge is -2.28. The predicted molar refractivity (Wildman–Crippen MR) is 76.4 cm³/mol. The summed E-state index contributed by atoms with van der Waals surface area (Å²) in [6, 6.07) is 6.64. The smallest absolute Gasteiger partial charge is 0.253 e. The van der Waals surface area contributed by atoms with E-state index in [4.69, 9.17) is 4.74 Å². The maximum Gasteiger partial charge on any atom is 0.253 e. The molecule has 1 aromatic heterocycles. The van der Waals surface area contributed by atoms with Gasteiger partial charge in [0.05, 0.1) is 13.2 Å².